The fourth-order valence-electron chi connectivity index (χ4n) is 1.66. The van der Waals surface area contributed by atoms with Crippen molar-refractivity contribution in [3.05, 3.63) is 23.9 Å². The zero-order valence-electron chi connectivity index (χ0n) is 11.1. The second-order valence-electron chi connectivity index (χ2n) is 4.52. The molecule has 0 aromatic carbocycles. The molecule has 2 rings (SSSR count). The Bertz CT molecular complexity index is 528. The normalized spacial score (nSPS) is 13.4. The van der Waals surface area contributed by atoms with Gasteiger partial charge in [0.15, 0.2) is 0 Å². The Morgan fingerprint density at radius 2 is 2.35 bits per heavy atom. The number of esters is 1. The van der Waals surface area contributed by atoms with E-state index in [-0.39, 0.29) is 11.4 Å². The molecule has 1 aliphatic carbocycles. The molecule has 2 N–H and O–H groups in total. The van der Waals surface area contributed by atoms with Gasteiger partial charge in [0.2, 0.25) is 0 Å². The van der Waals surface area contributed by atoms with E-state index >= 15 is 0 Å². The predicted molar refractivity (Wildman–Crippen MR) is 73.0 cm³/mol. The lowest BCUT2D eigenvalue weighted by molar-refractivity contribution is 0.0600. The third-order valence-corrected chi connectivity index (χ3v) is 3.00. The molecule has 20 heavy (non-hydrogen) atoms. The largest absolute Gasteiger partial charge is 0.465 e. The van der Waals surface area contributed by atoms with E-state index in [1.807, 2.05) is 0 Å². The topological polar surface area (TPSA) is 95.4 Å². The van der Waals surface area contributed by atoms with Crippen molar-refractivity contribution in [2.24, 2.45) is 5.92 Å². The molecule has 0 aliphatic heterocycles. The average molecular weight is 276 g/mol. The Kier molecular flexibility index (Phi) is 4.29. The molecule has 7 nitrogen and oxygen atoms in total. The first kappa shape index (κ1) is 14.0. The highest BCUT2D eigenvalue weighted by Gasteiger charge is 2.23. The molecule has 106 valence electrons. The Hall–Kier alpha value is -2.44. The molecule has 0 saturated heterocycles. The Morgan fingerprint density at radius 3 is 2.95 bits per heavy atom. The summed E-state index contributed by atoms with van der Waals surface area (Å²) in [6.07, 6.45) is 4.51. The zero-order valence-corrected chi connectivity index (χ0v) is 11.1. The van der Waals surface area contributed by atoms with Crippen LogP contribution in [0.15, 0.2) is 18.3 Å². The van der Waals surface area contributed by atoms with Crippen LogP contribution in [-0.4, -0.2) is 37.0 Å². The number of hydrogen-bond donors (Lipinski definition) is 2. The molecule has 1 aromatic heterocycles. The number of nitrogens with one attached hydrogen (secondary N) is 2. The number of pyridine rings is 1. The Labute approximate surface area is 116 Å². The molecule has 0 radical (unpaired) electrons. The van der Waals surface area contributed by atoms with E-state index < -0.39 is 12.0 Å². The summed E-state index contributed by atoms with van der Waals surface area (Å²) < 4.78 is 4.61. The molecular formula is C13H16N4O3. The summed E-state index contributed by atoms with van der Waals surface area (Å²) in [5.74, 6) is 0.231. The number of aromatic nitrogens is 1. The number of ether oxygens (including phenoxy) is 1. The van der Waals surface area contributed by atoms with Crippen molar-refractivity contribution >= 4 is 24.2 Å². The molecule has 0 unspecified atom stereocenters. The maximum absolute atomic E-state index is 12.0. The maximum Gasteiger partial charge on any atom is 0.338 e. The molecule has 1 heterocycles. The number of carbonyl (C=O) groups excluding carboxylic acids is 2. The number of rotatable bonds is 5. The van der Waals surface area contributed by atoms with Crippen LogP contribution in [0.5, 0.6) is 0 Å². The van der Waals surface area contributed by atoms with Crippen LogP contribution in [0.1, 0.15) is 23.2 Å². The molecule has 1 saturated carbocycles. The molecule has 7 heteroatoms. The minimum Gasteiger partial charge on any atom is -0.465 e. The summed E-state index contributed by atoms with van der Waals surface area (Å²) in [6, 6.07) is 2.47. The summed E-state index contributed by atoms with van der Waals surface area (Å²) in [7, 11) is 1.28. The van der Waals surface area contributed by atoms with Gasteiger partial charge in [0.1, 0.15) is 5.82 Å². The fourth-order valence-corrected chi connectivity index (χ4v) is 1.66. The molecular weight excluding hydrogens is 260 g/mol. The van der Waals surface area contributed by atoms with E-state index in [4.69, 9.17) is 5.41 Å². The van der Waals surface area contributed by atoms with E-state index in [0.29, 0.717) is 12.5 Å². The molecule has 1 fully saturated rings. The van der Waals surface area contributed by atoms with Gasteiger partial charge in [-0.25, -0.2) is 19.5 Å². The maximum atomic E-state index is 12.0. The van der Waals surface area contributed by atoms with Gasteiger partial charge in [-0.3, -0.25) is 5.41 Å². The van der Waals surface area contributed by atoms with Crippen LogP contribution in [0.3, 0.4) is 0 Å². The van der Waals surface area contributed by atoms with E-state index in [9.17, 15) is 9.59 Å². The van der Waals surface area contributed by atoms with Crippen LogP contribution in [0.4, 0.5) is 10.6 Å². The first-order valence-corrected chi connectivity index (χ1v) is 6.27. The standard InChI is InChI=1S/C13H16N4O3/c1-20-12(18)10-4-5-15-11(6-10)17(8-14)13(19)16-7-9-2-3-9/h4-6,8-9,14H,2-3,7H2,1H3,(H,16,19). The minimum absolute atomic E-state index is 0.205. The number of carbonyl (C=O) groups is 2. The number of amides is 2. The summed E-state index contributed by atoms with van der Waals surface area (Å²) in [5, 5.41) is 10.1. The van der Waals surface area contributed by atoms with Crippen molar-refractivity contribution in [2.45, 2.75) is 12.8 Å². The van der Waals surface area contributed by atoms with Gasteiger partial charge in [-0.05, 0) is 30.9 Å². The van der Waals surface area contributed by atoms with Gasteiger partial charge < -0.3 is 10.1 Å². The smallest absolute Gasteiger partial charge is 0.338 e. The number of nitrogens with zero attached hydrogens (tertiary/aromatic N) is 2. The highest BCUT2D eigenvalue weighted by atomic mass is 16.5. The highest BCUT2D eigenvalue weighted by molar-refractivity contribution is 6.06. The fraction of sp³-hybridized carbons (Fsp3) is 0.385. The first-order chi connectivity index (χ1) is 9.65. The summed E-state index contributed by atoms with van der Waals surface area (Å²) in [6.45, 7) is 0.597. The van der Waals surface area contributed by atoms with Crippen molar-refractivity contribution in [3.63, 3.8) is 0 Å². The van der Waals surface area contributed by atoms with Gasteiger partial charge in [-0.2, -0.15) is 0 Å². The predicted octanol–water partition coefficient (Wildman–Crippen LogP) is 1.40. The number of urea groups is 1. The van der Waals surface area contributed by atoms with Gasteiger partial charge in [0.05, 0.1) is 19.0 Å². The van der Waals surface area contributed by atoms with E-state index in [0.717, 1.165) is 24.1 Å². The lowest BCUT2D eigenvalue weighted by Crippen LogP contribution is -2.40. The molecule has 1 aromatic rings. The van der Waals surface area contributed by atoms with Gasteiger partial charge in [0.25, 0.3) is 0 Å². The molecule has 1 aliphatic rings. The van der Waals surface area contributed by atoms with Crippen molar-refractivity contribution in [2.75, 3.05) is 18.6 Å². The highest BCUT2D eigenvalue weighted by Crippen LogP contribution is 2.27. The van der Waals surface area contributed by atoms with Gasteiger partial charge in [-0.15, -0.1) is 0 Å². The Morgan fingerprint density at radius 1 is 1.60 bits per heavy atom. The van der Waals surface area contributed by atoms with Crippen molar-refractivity contribution in [1.82, 2.24) is 10.3 Å². The van der Waals surface area contributed by atoms with Gasteiger partial charge >= 0.3 is 12.0 Å². The second-order valence-corrected chi connectivity index (χ2v) is 4.52. The van der Waals surface area contributed by atoms with Crippen LogP contribution in [0.2, 0.25) is 0 Å². The van der Waals surface area contributed by atoms with Crippen molar-refractivity contribution in [1.29, 1.82) is 5.41 Å². The zero-order chi connectivity index (χ0) is 14.5. The lowest BCUT2D eigenvalue weighted by atomic mass is 10.2. The first-order valence-electron chi connectivity index (χ1n) is 6.27. The SMILES string of the molecule is COC(=O)c1ccnc(N(C=N)C(=O)NCC2CC2)c1. The minimum atomic E-state index is -0.517. The third kappa shape index (κ3) is 3.31. The van der Waals surface area contributed by atoms with Crippen LogP contribution in [-0.2, 0) is 4.74 Å². The van der Waals surface area contributed by atoms with Crippen LogP contribution < -0.4 is 10.2 Å². The summed E-state index contributed by atoms with van der Waals surface area (Å²) >= 11 is 0. The number of methoxy groups -OCH3 is 1. The number of anilines is 1. The van der Waals surface area contributed by atoms with Crippen LogP contribution in [0.25, 0.3) is 0 Å². The van der Waals surface area contributed by atoms with E-state index in [1.54, 1.807) is 0 Å². The lowest BCUT2D eigenvalue weighted by Gasteiger charge is -2.17. The van der Waals surface area contributed by atoms with E-state index in [1.165, 1.54) is 25.4 Å². The molecule has 0 atom stereocenters. The molecule has 2 amide bonds. The quantitative estimate of drug-likeness (QED) is 0.482. The molecule has 0 bridgehead atoms. The van der Waals surface area contributed by atoms with Gasteiger partial charge in [0, 0.05) is 12.7 Å². The van der Waals surface area contributed by atoms with Crippen LogP contribution >= 0.6 is 0 Å². The summed E-state index contributed by atoms with van der Waals surface area (Å²) in [5.41, 5.74) is 0.277. The van der Waals surface area contributed by atoms with Gasteiger partial charge in [-0.1, -0.05) is 0 Å². The molecule has 0 spiro atoms. The second kappa shape index (κ2) is 6.14. The monoisotopic (exact) mass is 276 g/mol. The summed E-state index contributed by atoms with van der Waals surface area (Å²) in [4.78, 5) is 28.5. The number of hydrogen-bond acceptors (Lipinski definition) is 5. The van der Waals surface area contributed by atoms with E-state index in [2.05, 4.69) is 15.0 Å². The van der Waals surface area contributed by atoms with Crippen LogP contribution in [0, 0.1) is 11.3 Å². The third-order valence-electron chi connectivity index (χ3n) is 3.00. The van der Waals surface area contributed by atoms with Crippen molar-refractivity contribution in [3.8, 4) is 0 Å². The average Bonchev–Trinajstić information content (AvgIpc) is 3.29. The van der Waals surface area contributed by atoms with Crippen molar-refractivity contribution < 1.29 is 14.3 Å². The Balaban J connectivity index is 2.11.